The van der Waals surface area contributed by atoms with Crippen LogP contribution in [0.1, 0.15) is 30.7 Å². The molecule has 0 fully saturated rings. The van der Waals surface area contributed by atoms with Gasteiger partial charge in [-0.25, -0.2) is 4.98 Å². The molecule has 0 amide bonds. The van der Waals surface area contributed by atoms with E-state index in [9.17, 15) is 5.11 Å². The Labute approximate surface area is 101 Å². The molecule has 90 valence electrons. The maximum absolute atomic E-state index is 10.00. The maximum atomic E-state index is 10.00. The van der Waals surface area contributed by atoms with Gasteiger partial charge in [-0.15, -0.1) is 0 Å². The predicted octanol–water partition coefficient (Wildman–Crippen LogP) is 1.96. The number of hydrogen-bond acceptors (Lipinski definition) is 3. The van der Waals surface area contributed by atoms with Gasteiger partial charge in [-0.2, -0.15) is 0 Å². The summed E-state index contributed by atoms with van der Waals surface area (Å²) >= 11 is 0. The molecular weight excluding hydrogens is 214 g/mol. The molecule has 1 atom stereocenters. The Balaban J connectivity index is 1.91. The molecule has 1 N–H and O–H groups in total. The van der Waals surface area contributed by atoms with Gasteiger partial charge in [0.05, 0.1) is 18.1 Å². The molecule has 0 aliphatic heterocycles. The minimum absolute atomic E-state index is 0.490. The summed E-state index contributed by atoms with van der Waals surface area (Å²) in [6.45, 7) is 2.93. The largest absolute Gasteiger partial charge is 0.387 e. The van der Waals surface area contributed by atoms with Crippen molar-refractivity contribution in [2.75, 3.05) is 0 Å². The van der Waals surface area contributed by atoms with Crippen LogP contribution < -0.4 is 0 Å². The summed E-state index contributed by atoms with van der Waals surface area (Å²) in [5.41, 5.74) is 1.94. The Hall–Kier alpha value is -1.68. The summed E-state index contributed by atoms with van der Waals surface area (Å²) in [4.78, 5) is 8.17. The molecule has 17 heavy (non-hydrogen) atoms. The molecule has 0 bridgehead atoms. The quantitative estimate of drug-likeness (QED) is 0.855. The number of nitrogens with zero attached hydrogens (tertiary/aromatic N) is 3. The molecule has 2 aromatic rings. The normalized spacial score (nSPS) is 12.6. The predicted molar refractivity (Wildman–Crippen MR) is 65.4 cm³/mol. The first-order chi connectivity index (χ1) is 8.29. The van der Waals surface area contributed by atoms with Crippen molar-refractivity contribution in [1.29, 1.82) is 0 Å². The van der Waals surface area contributed by atoms with Gasteiger partial charge in [0.1, 0.15) is 0 Å². The number of aliphatic hydroxyl groups is 1. The number of hydrogen-bond donors (Lipinski definition) is 1. The molecule has 0 spiro atoms. The SMILES string of the molecule is CCn1cnc(C(O)CCc2ccncc2)c1. The van der Waals surface area contributed by atoms with Gasteiger partial charge in [-0.3, -0.25) is 4.98 Å². The van der Waals surface area contributed by atoms with E-state index in [0.717, 1.165) is 18.7 Å². The summed E-state index contributed by atoms with van der Waals surface area (Å²) < 4.78 is 1.96. The lowest BCUT2D eigenvalue weighted by Gasteiger charge is -2.07. The average Bonchev–Trinajstić information content (AvgIpc) is 2.86. The first-order valence-corrected chi connectivity index (χ1v) is 5.88. The molecule has 0 radical (unpaired) electrons. The van der Waals surface area contributed by atoms with Crippen LogP contribution in [0.2, 0.25) is 0 Å². The summed E-state index contributed by atoms with van der Waals surface area (Å²) in [6, 6.07) is 3.94. The zero-order valence-corrected chi connectivity index (χ0v) is 9.95. The van der Waals surface area contributed by atoms with Gasteiger partial charge in [0.15, 0.2) is 0 Å². The second kappa shape index (κ2) is 5.59. The van der Waals surface area contributed by atoms with E-state index < -0.39 is 6.10 Å². The fourth-order valence-electron chi connectivity index (χ4n) is 1.72. The fraction of sp³-hybridized carbons (Fsp3) is 0.385. The molecule has 2 heterocycles. The smallest absolute Gasteiger partial charge is 0.0978 e. The number of pyridine rings is 1. The molecule has 2 rings (SSSR count). The average molecular weight is 231 g/mol. The van der Waals surface area contributed by atoms with Crippen molar-refractivity contribution in [3.8, 4) is 0 Å². The highest BCUT2D eigenvalue weighted by molar-refractivity contribution is 5.11. The summed E-state index contributed by atoms with van der Waals surface area (Å²) in [5.74, 6) is 0. The van der Waals surface area contributed by atoms with E-state index in [-0.39, 0.29) is 0 Å². The lowest BCUT2D eigenvalue weighted by molar-refractivity contribution is 0.163. The Morgan fingerprint density at radius 3 is 2.76 bits per heavy atom. The number of aromatic nitrogens is 3. The molecule has 4 nitrogen and oxygen atoms in total. The maximum Gasteiger partial charge on any atom is 0.0978 e. The van der Waals surface area contributed by atoms with Gasteiger partial charge in [0, 0.05) is 25.1 Å². The van der Waals surface area contributed by atoms with Gasteiger partial charge in [-0.1, -0.05) is 0 Å². The number of aliphatic hydroxyl groups excluding tert-OH is 1. The van der Waals surface area contributed by atoms with Crippen molar-refractivity contribution in [2.45, 2.75) is 32.4 Å². The van der Waals surface area contributed by atoms with Crippen LogP contribution >= 0.6 is 0 Å². The molecule has 0 aromatic carbocycles. The lowest BCUT2D eigenvalue weighted by atomic mass is 10.1. The van der Waals surface area contributed by atoms with Crippen LogP contribution in [-0.4, -0.2) is 19.6 Å². The van der Waals surface area contributed by atoms with Crippen molar-refractivity contribution in [2.24, 2.45) is 0 Å². The molecule has 0 aliphatic carbocycles. The number of aryl methyl sites for hydroxylation is 2. The standard InChI is InChI=1S/C13H17N3O/c1-2-16-9-12(15-10-16)13(17)4-3-11-5-7-14-8-6-11/h5-10,13,17H,2-4H2,1H3. The van der Waals surface area contributed by atoms with Crippen LogP contribution in [0, 0.1) is 0 Å². The van der Waals surface area contributed by atoms with Gasteiger partial charge in [0.2, 0.25) is 0 Å². The van der Waals surface area contributed by atoms with Crippen molar-refractivity contribution in [3.63, 3.8) is 0 Å². The Kier molecular flexibility index (Phi) is 3.88. The van der Waals surface area contributed by atoms with E-state index >= 15 is 0 Å². The molecule has 4 heteroatoms. The van der Waals surface area contributed by atoms with Crippen LogP contribution in [0.3, 0.4) is 0 Å². The highest BCUT2D eigenvalue weighted by atomic mass is 16.3. The van der Waals surface area contributed by atoms with Gasteiger partial charge in [-0.05, 0) is 37.5 Å². The molecule has 0 saturated carbocycles. The van der Waals surface area contributed by atoms with E-state index in [0.29, 0.717) is 6.42 Å². The summed E-state index contributed by atoms with van der Waals surface area (Å²) in [6.07, 6.45) is 8.23. The van der Waals surface area contributed by atoms with Crippen LogP contribution in [0.4, 0.5) is 0 Å². The van der Waals surface area contributed by atoms with E-state index in [4.69, 9.17) is 0 Å². The van der Waals surface area contributed by atoms with Crippen LogP contribution in [0.5, 0.6) is 0 Å². The van der Waals surface area contributed by atoms with Gasteiger partial charge in [0.25, 0.3) is 0 Å². The summed E-state index contributed by atoms with van der Waals surface area (Å²) in [7, 11) is 0. The third-order valence-corrected chi connectivity index (χ3v) is 2.82. The lowest BCUT2D eigenvalue weighted by Crippen LogP contribution is -2.00. The zero-order valence-electron chi connectivity index (χ0n) is 9.95. The van der Waals surface area contributed by atoms with Crippen molar-refractivity contribution in [1.82, 2.24) is 14.5 Å². The zero-order chi connectivity index (χ0) is 12.1. The molecular formula is C13H17N3O. The van der Waals surface area contributed by atoms with E-state index in [1.807, 2.05) is 22.9 Å². The number of imidazole rings is 1. The minimum Gasteiger partial charge on any atom is -0.387 e. The Morgan fingerprint density at radius 1 is 1.35 bits per heavy atom. The highest BCUT2D eigenvalue weighted by Gasteiger charge is 2.10. The molecule has 0 saturated heterocycles. The molecule has 0 aliphatic rings. The van der Waals surface area contributed by atoms with Gasteiger partial charge >= 0.3 is 0 Å². The minimum atomic E-state index is -0.490. The van der Waals surface area contributed by atoms with Crippen molar-refractivity contribution < 1.29 is 5.11 Å². The second-order valence-electron chi connectivity index (χ2n) is 4.04. The summed E-state index contributed by atoms with van der Waals surface area (Å²) in [5, 5.41) is 10.00. The topological polar surface area (TPSA) is 50.9 Å². The monoisotopic (exact) mass is 231 g/mol. The number of rotatable bonds is 5. The third kappa shape index (κ3) is 3.14. The van der Waals surface area contributed by atoms with Gasteiger partial charge < -0.3 is 9.67 Å². The van der Waals surface area contributed by atoms with E-state index in [1.165, 1.54) is 5.56 Å². The van der Waals surface area contributed by atoms with Crippen LogP contribution in [0.25, 0.3) is 0 Å². The van der Waals surface area contributed by atoms with E-state index in [2.05, 4.69) is 16.9 Å². The van der Waals surface area contributed by atoms with Crippen molar-refractivity contribution >= 4 is 0 Å². The fourth-order valence-corrected chi connectivity index (χ4v) is 1.72. The first-order valence-electron chi connectivity index (χ1n) is 5.88. The third-order valence-electron chi connectivity index (χ3n) is 2.82. The van der Waals surface area contributed by atoms with Crippen LogP contribution in [-0.2, 0) is 13.0 Å². The second-order valence-corrected chi connectivity index (χ2v) is 4.04. The Morgan fingerprint density at radius 2 is 2.12 bits per heavy atom. The molecule has 2 aromatic heterocycles. The van der Waals surface area contributed by atoms with Crippen molar-refractivity contribution in [3.05, 3.63) is 48.3 Å². The molecule has 1 unspecified atom stereocenters. The highest BCUT2D eigenvalue weighted by Crippen LogP contribution is 2.16. The van der Waals surface area contributed by atoms with Crippen LogP contribution in [0.15, 0.2) is 37.1 Å². The Bertz CT molecular complexity index is 453. The van der Waals surface area contributed by atoms with E-state index in [1.54, 1.807) is 18.7 Å². The first kappa shape index (κ1) is 11.8.